The van der Waals surface area contributed by atoms with Gasteiger partial charge in [-0.1, -0.05) is 28.1 Å². The van der Waals surface area contributed by atoms with Gasteiger partial charge in [-0.05, 0) is 29.8 Å². The first kappa shape index (κ1) is 8.57. The second-order valence-corrected chi connectivity index (χ2v) is 3.45. The quantitative estimate of drug-likeness (QED) is 0.704. The molecule has 1 aromatic carbocycles. The van der Waals surface area contributed by atoms with Crippen LogP contribution in [0.3, 0.4) is 0 Å². The van der Waals surface area contributed by atoms with Gasteiger partial charge in [-0.3, -0.25) is 0 Å². The molecule has 1 heterocycles. The van der Waals surface area contributed by atoms with Gasteiger partial charge >= 0.3 is 0 Å². The second kappa shape index (κ2) is 3.79. The molecule has 0 aliphatic carbocycles. The number of hydrogen-bond acceptors (Lipinski definition) is 0. The molecule has 2 aromatic rings. The molecule has 0 aliphatic rings. The van der Waals surface area contributed by atoms with Gasteiger partial charge in [0.15, 0.2) is 0 Å². The van der Waals surface area contributed by atoms with Crippen molar-refractivity contribution in [2.75, 3.05) is 0 Å². The summed E-state index contributed by atoms with van der Waals surface area (Å²) in [5.41, 5.74) is 2.51. The maximum Gasteiger partial charge on any atom is 0.0452 e. The van der Waals surface area contributed by atoms with Crippen LogP contribution in [0.25, 0.3) is 5.69 Å². The molecule has 0 fully saturated rings. The first-order valence-corrected chi connectivity index (χ1v) is 5.30. The standard InChI is InChI=1S/C11H10BrN/c12-9-10-4-3-5-11(8-10)13-6-1-2-7-13/h1-8H,9H2. The fourth-order valence-corrected chi connectivity index (χ4v) is 1.66. The van der Waals surface area contributed by atoms with E-state index in [0.29, 0.717) is 0 Å². The summed E-state index contributed by atoms with van der Waals surface area (Å²) in [6.45, 7) is 0. The number of hydrogen-bond donors (Lipinski definition) is 0. The molecular weight excluding hydrogens is 226 g/mol. The molecule has 1 aromatic heterocycles. The van der Waals surface area contributed by atoms with Crippen LogP contribution in [0, 0.1) is 0 Å². The van der Waals surface area contributed by atoms with E-state index in [1.54, 1.807) is 0 Å². The molecule has 0 atom stereocenters. The van der Waals surface area contributed by atoms with E-state index in [1.807, 2.05) is 24.5 Å². The van der Waals surface area contributed by atoms with Gasteiger partial charge in [-0.25, -0.2) is 0 Å². The molecule has 0 aliphatic heterocycles. The van der Waals surface area contributed by atoms with Crippen molar-refractivity contribution in [2.45, 2.75) is 5.33 Å². The molecule has 0 saturated carbocycles. The second-order valence-electron chi connectivity index (χ2n) is 2.89. The summed E-state index contributed by atoms with van der Waals surface area (Å²) in [4.78, 5) is 0. The Bertz CT molecular complexity index is 379. The topological polar surface area (TPSA) is 4.93 Å². The van der Waals surface area contributed by atoms with Gasteiger partial charge in [-0.15, -0.1) is 0 Å². The van der Waals surface area contributed by atoms with E-state index in [-0.39, 0.29) is 0 Å². The lowest BCUT2D eigenvalue weighted by Crippen LogP contribution is -1.89. The van der Waals surface area contributed by atoms with E-state index in [9.17, 15) is 0 Å². The monoisotopic (exact) mass is 235 g/mol. The molecule has 0 bridgehead atoms. The Balaban J connectivity index is 2.41. The van der Waals surface area contributed by atoms with Crippen molar-refractivity contribution in [3.8, 4) is 5.69 Å². The Kier molecular flexibility index (Phi) is 2.50. The predicted octanol–water partition coefficient (Wildman–Crippen LogP) is 3.37. The third-order valence-electron chi connectivity index (χ3n) is 1.97. The molecule has 0 N–H and O–H groups in total. The third kappa shape index (κ3) is 1.83. The fourth-order valence-electron chi connectivity index (χ4n) is 1.31. The van der Waals surface area contributed by atoms with Gasteiger partial charge in [-0.2, -0.15) is 0 Å². The first-order valence-electron chi connectivity index (χ1n) is 4.18. The molecule has 0 spiro atoms. The van der Waals surface area contributed by atoms with E-state index >= 15 is 0 Å². The van der Waals surface area contributed by atoms with E-state index in [2.05, 4.69) is 44.8 Å². The maximum absolute atomic E-state index is 3.45. The van der Waals surface area contributed by atoms with Crippen LogP contribution in [0.1, 0.15) is 5.56 Å². The van der Waals surface area contributed by atoms with Crippen LogP contribution in [-0.2, 0) is 5.33 Å². The number of aromatic nitrogens is 1. The summed E-state index contributed by atoms with van der Waals surface area (Å²) >= 11 is 3.45. The first-order chi connectivity index (χ1) is 6.40. The van der Waals surface area contributed by atoms with E-state index in [4.69, 9.17) is 0 Å². The van der Waals surface area contributed by atoms with Gasteiger partial charge in [0.1, 0.15) is 0 Å². The summed E-state index contributed by atoms with van der Waals surface area (Å²) in [7, 11) is 0. The molecule has 2 rings (SSSR count). The van der Waals surface area contributed by atoms with Crippen molar-refractivity contribution in [2.24, 2.45) is 0 Å². The fraction of sp³-hybridized carbons (Fsp3) is 0.0909. The van der Waals surface area contributed by atoms with Crippen LogP contribution >= 0.6 is 15.9 Å². The smallest absolute Gasteiger partial charge is 0.0452 e. The number of alkyl halides is 1. The minimum Gasteiger partial charge on any atom is -0.324 e. The summed E-state index contributed by atoms with van der Waals surface area (Å²) in [6.07, 6.45) is 4.10. The highest BCUT2D eigenvalue weighted by molar-refractivity contribution is 9.08. The lowest BCUT2D eigenvalue weighted by atomic mass is 10.2. The molecule has 1 nitrogen and oxygen atoms in total. The van der Waals surface area contributed by atoms with Crippen LogP contribution in [-0.4, -0.2) is 4.57 Å². The highest BCUT2D eigenvalue weighted by Crippen LogP contribution is 2.12. The van der Waals surface area contributed by atoms with Crippen LogP contribution in [0.15, 0.2) is 48.8 Å². The van der Waals surface area contributed by atoms with Gasteiger partial charge in [0.2, 0.25) is 0 Å². The van der Waals surface area contributed by atoms with Crippen molar-refractivity contribution >= 4 is 15.9 Å². The lowest BCUT2D eigenvalue weighted by Gasteiger charge is -2.03. The maximum atomic E-state index is 3.45. The molecule has 0 radical (unpaired) electrons. The lowest BCUT2D eigenvalue weighted by molar-refractivity contribution is 1.07. The molecular formula is C11H10BrN. The van der Waals surface area contributed by atoms with E-state index in [1.165, 1.54) is 11.3 Å². The Morgan fingerprint density at radius 2 is 1.85 bits per heavy atom. The van der Waals surface area contributed by atoms with E-state index < -0.39 is 0 Å². The third-order valence-corrected chi connectivity index (χ3v) is 2.61. The van der Waals surface area contributed by atoms with Crippen molar-refractivity contribution in [3.05, 3.63) is 54.4 Å². The zero-order valence-electron chi connectivity index (χ0n) is 7.15. The van der Waals surface area contributed by atoms with Gasteiger partial charge in [0.05, 0.1) is 0 Å². The molecule has 0 unspecified atom stereocenters. The zero-order chi connectivity index (χ0) is 9.10. The average Bonchev–Trinajstić information content (AvgIpc) is 2.71. The summed E-state index contributed by atoms with van der Waals surface area (Å²) in [5.74, 6) is 0. The van der Waals surface area contributed by atoms with Gasteiger partial charge < -0.3 is 4.57 Å². The van der Waals surface area contributed by atoms with E-state index in [0.717, 1.165) is 5.33 Å². The number of halogens is 1. The van der Waals surface area contributed by atoms with Gasteiger partial charge in [0, 0.05) is 23.4 Å². The Hall–Kier alpha value is -1.02. The molecule has 66 valence electrons. The van der Waals surface area contributed by atoms with Crippen molar-refractivity contribution < 1.29 is 0 Å². The number of rotatable bonds is 2. The number of benzene rings is 1. The Labute approximate surface area is 86.1 Å². The highest BCUT2D eigenvalue weighted by atomic mass is 79.9. The number of nitrogens with zero attached hydrogens (tertiary/aromatic N) is 1. The Morgan fingerprint density at radius 3 is 2.54 bits per heavy atom. The molecule has 13 heavy (non-hydrogen) atoms. The van der Waals surface area contributed by atoms with Gasteiger partial charge in [0.25, 0.3) is 0 Å². The summed E-state index contributed by atoms with van der Waals surface area (Å²) < 4.78 is 2.10. The zero-order valence-corrected chi connectivity index (χ0v) is 8.74. The highest BCUT2D eigenvalue weighted by Gasteiger charge is 1.95. The SMILES string of the molecule is BrCc1cccc(-n2cccc2)c1. The van der Waals surface area contributed by atoms with Crippen LogP contribution < -0.4 is 0 Å². The minimum absolute atomic E-state index is 0.905. The van der Waals surface area contributed by atoms with Crippen LogP contribution in [0.5, 0.6) is 0 Å². The normalized spacial score (nSPS) is 10.2. The largest absolute Gasteiger partial charge is 0.324 e. The summed E-state index contributed by atoms with van der Waals surface area (Å²) in [5, 5.41) is 0.905. The van der Waals surface area contributed by atoms with Crippen LogP contribution in [0.2, 0.25) is 0 Å². The summed E-state index contributed by atoms with van der Waals surface area (Å²) in [6, 6.07) is 12.5. The Morgan fingerprint density at radius 1 is 1.08 bits per heavy atom. The average molecular weight is 236 g/mol. The predicted molar refractivity (Wildman–Crippen MR) is 58.4 cm³/mol. The molecule has 0 amide bonds. The van der Waals surface area contributed by atoms with Crippen molar-refractivity contribution in [3.63, 3.8) is 0 Å². The molecule has 2 heteroatoms. The van der Waals surface area contributed by atoms with Crippen molar-refractivity contribution in [1.29, 1.82) is 0 Å². The van der Waals surface area contributed by atoms with Crippen molar-refractivity contribution in [1.82, 2.24) is 4.57 Å². The molecule has 0 saturated heterocycles. The van der Waals surface area contributed by atoms with Crippen LogP contribution in [0.4, 0.5) is 0 Å². The minimum atomic E-state index is 0.905.